The first-order chi connectivity index (χ1) is 13.6. The molecule has 1 heteroatoms. The van der Waals surface area contributed by atoms with Gasteiger partial charge < -0.3 is 5.11 Å². The van der Waals surface area contributed by atoms with E-state index >= 15 is 0 Å². The highest BCUT2D eigenvalue weighted by molar-refractivity contribution is 5.34. The molecule has 2 fully saturated rings. The van der Waals surface area contributed by atoms with Crippen molar-refractivity contribution >= 4 is 0 Å². The lowest BCUT2D eigenvalue weighted by Crippen LogP contribution is -2.48. The van der Waals surface area contributed by atoms with Crippen molar-refractivity contribution in [3.05, 3.63) is 22.8 Å². The van der Waals surface area contributed by atoms with Gasteiger partial charge in [0.05, 0.1) is 5.60 Å². The Hall–Kier alpha value is -0.560. The van der Waals surface area contributed by atoms with Crippen LogP contribution in [-0.4, -0.2) is 10.7 Å². The highest BCUT2D eigenvalue weighted by atomic mass is 16.3. The largest absolute Gasteiger partial charge is 0.390 e. The summed E-state index contributed by atoms with van der Waals surface area (Å²) in [5.74, 6) is 3.31. The second-order valence-corrected chi connectivity index (χ2v) is 12.4. The number of fused-ring (bicyclic) bond motifs is 4. The van der Waals surface area contributed by atoms with Crippen LogP contribution in [0.25, 0.3) is 0 Å². The monoisotopic (exact) mass is 398 g/mol. The van der Waals surface area contributed by atoms with Crippen molar-refractivity contribution in [3.63, 3.8) is 0 Å². The van der Waals surface area contributed by atoms with E-state index in [-0.39, 0.29) is 0 Å². The van der Waals surface area contributed by atoms with E-state index in [1.165, 1.54) is 63.4 Å². The minimum atomic E-state index is -0.426. The van der Waals surface area contributed by atoms with E-state index < -0.39 is 5.60 Å². The molecule has 0 aliphatic heterocycles. The molecule has 1 N–H and O–H groups in total. The molecule has 4 aliphatic rings. The van der Waals surface area contributed by atoms with Crippen LogP contribution in [0.15, 0.2) is 22.8 Å². The van der Waals surface area contributed by atoms with Crippen molar-refractivity contribution in [3.8, 4) is 0 Å². The Bertz CT molecular complexity index is 693. The predicted molar refractivity (Wildman–Crippen MR) is 124 cm³/mol. The fourth-order valence-corrected chi connectivity index (χ4v) is 8.45. The topological polar surface area (TPSA) is 20.2 Å². The number of rotatable bonds is 4. The van der Waals surface area contributed by atoms with Crippen LogP contribution in [0, 0.1) is 34.5 Å². The van der Waals surface area contributed by atoms with Crippen molar-refractivity contribution in [2.45, 2.75) is 118 Å². The molecule has 0 aromatic rings. The summed E-state index contributed by atoms with van der Waals surface area (Å²) >= 11 is 0. The number of allylic oxidation sites excluding steroid dienone is 4. The van der Waals surface area contributed by atoms with Crippen LogP contribution in [0.5, 0.6) is 0 Å². The quantitative estimate of drug-likeness (QED) is 0.478. The fourth-order valence-electron chi connectivity index (χ4n) is 8.45. The van der Waals surface area contributed by atoms with Gasteiger partial charge in [-0.1, -0.05) is 43.6 Å². The maximum absolute atomic E-state index is 10.7. The van der Waals surface area contributed by atoms with E-state index in [9.17, 15) is 5.11 Å². The maximum atomic E-state index is 10.7. The van der Waals surface area contributed by atoms with Gasteiger partial charge in [-0.05, 0) is 126 Å². The van der Waals surface area contributed by atoms with Crippen LogP contribution in [-0.2, 0) is 0 Å². The third-order valence-electron chi connectivity index (χ3n) is 10.2. The van der Waals surface area contributed by atoms with Crippen molar-refractivity contribution in [1.82, 2.24) is 0 Å². The van der Waals surface area contributed by atoms with Gasteiger partial charge in [0.25, 0.3) is 0 Å². The SMILES string of the molecule is CC(C)=CCC[C@@H](C)[C@H]1CC[C@H]2C3=C(CC[C@]12C)[C@@]1(C)CC[C@](C)(O)C[C@@H]1CC3. The standard InChI is InChI=1S/C28H46O/c1-19(2)8-7-9-20(3)23-12-13-24-22-11-10-21-18-26(4,29)16-17-27(21,5)25(22)14-15-28(23,24)6/h8,20-21,23-24,29H,7,9-18H2,1-6H3/t20-,21+,23-,24+,26+,27+,28-/m1/s1. The molecule has 0 bridgehead atoms. The van der Waals surface area contributed by atoms with Gasteiger partial charge in [0.1, 0.15) is 0 Å². The summed E-state index contributed by atoms with van der Waals surface area (Å²) in [6.07, 6.45) is 16.5. The summed E-state index contributed by atoms with van der Waals surface area (Å²) in [6.45, 7) is 14.3. The highest BCUT2D eigenvalue weighted by Gasteiger charge is 2.56. The zero-order valence-corrected chi connectivity index (χ0v) is 20.1. The molecule has 0 radical (unpaired) electrons. The van der Waals surface area contributed by atoms with Crippen LogP contribution < -0.4 is 0 Å². The summed E-state index contributed by atoms with van der Waals surface area (Å²) in [5.41, 5.74) is 5.72. The van der Waals surface area contributed by atoms with E-state index in [0.717, 1.165) is 30.6 Å². The molecule has 2 saturated carbocycles. The molecule has 0 aromatic heterocycles. The Morgan fingerprint density at radius 3 is 2.55 bits per heavy atom. The Morgan fingerprint density at radius 1 is 1.07 bits per heavy atom. The molecule has 29 heavy (non-hydrogen) atoms. The van der Waals surface area contributed by atoms with Gasteiger partial charge in [-0.2, -0.15) is 0 Å². The Kier molecular flexibility index (Phi) is 5.63. The number of hydrogen-bond acceptors (Lipinski definition) is 1. The van der Waals surface area contributed by atoms with Gasteiger partial charge in [-0.25, -0.2) is 0 Å². The summed E-state index contributed by atoms with van der Waals surface area (Å²) in [7, 11) is 0. The van der Waals surface area contributed by atoms with Gasteiger partial charge in [0.15, 0.2) is 0 Å². The van der Waals surface area contributed by atoms with E-state index in [2.05, 4.69) is 47.6 Å². The molecule has 0 unspecified atom stereocenters. The summed E-state index contributed by atoms with van der Waals surface area (Å²) in [4.78, 5) is 0. The second-order valence-electron chi connectivity index (χ2n) is 12.4. The molecule has 4 aliphatic carbocycles. The summed E-state index contributed by atoms with van der Waals surface area (Å²) in [5, 5.41) is 10.7. The second kappa shape index (κ2) is 7.54. The molecule has 7 atom stereocenters. The molecule has 1 nitrogen and oxygen atoms in total. The third kappa shape index (κ3) is 3.68. The molecule has 0 amide bonds. The van der Waals surface area contributed by atoms with Crippen LogP contribution >= 0.6 is 0 Å². The minimum Gasteiger partial charge on any atom is -0.390 e. The van der Waals surface area contributed by atoms with Gasteiger partial charge in [-0.3, -0.25) is 0 Å². The van der Waals surface area contributed by atoms with Crippen molar-refractivity contribution in [2.75, 3.05) is 0 Å². The van der Waals surface area contributed by atoms with Crippen LogP contribution in [0.4, 0.5) is 0 Å². The normalized spacial score (nSPS) is 45.3. The first-order valence-electron chi connectivity index (χ1n) is 12.6. The molecule has 0 aromatic carbocycles. The van der Waals surface area contributed by atoms with Crippen molar-refractivity contribution in [2.24, 2.45) is 34.5 Å². The summed E-state index contributed by atoms with van der Waals surface area (Å²) in [6, 6.07) is 0. The van der Waals surface area contributed by atoms with E-state index in [4.69, 9.17) is 0 Å². The average Bonchev–Trinajstić information content (AvgIpc) is 2.99. The van der Waals surface area contributed by atoms with Crippen molar-refractivity contribution < 1.29 is 5.11 Å². The Labute approximate surface area is 180 Å². The van der Waals surface area contributed by atoms with Crippen LogP contribution in [0.3, 0.4) is 0 Å². The predicted octanol–water partition coefficient (Wildman–Crippen LogP) is 7.84. The average molecular weight is 399 g/mol. The third-order valence-corrected chi connectivity index (χ3v) is 10.2. The van der Waals surface area contributed by atoms with Crippen LogP contribution in [0.1, 0.15) is 112 Å². The van der Waals surface area contributed by atoms with Crippen LogP contribution in [0.2, 0.25) is 0 Å². The lowest BCUT2D eigenvalue weighted by atomic mass is 9.49. The van der Waals surface area contributed by atoms with Gasteiger partial charge in [0, 0.05) is 0 Å². The molecule has 4 rings (SSSR count). The molecule has 164 valence electrons. The van der Waals surface area contributed by atoms with E-state index in [0.29, 0.717) is 16.7 Å². The smallest absolute Gasteiger partial charge is 0.0623 e. The Morgan fingerprint density at radius 2 is 1.83 bits per heavy atom. The molecular weight excluding hydrogens is 352 g/mol. The number of aliphatic hydroxyl groups is 1. The van der Waals surface area contributed by atoms with Gasteiger partial charge in [0.2, 0.25) is 0 Å². The molecule has 0 saturated heterocycles. The molecule has 0 heterocycles. The Balaban J connectivity index is 1.55. The lowest BCUT2D eigenvalue weighted by Gasteiger charge is -2.56. The van der Waals surface area contributed by atoms with E-state index in [1.807, 2.05) is 11.1 Å². The van der Waals surface area contributed by atoms with Gasteiger partial charge in [-0.15, -0.1) is 0 Å². The fraction of sp³-hybridized carbons (Fsp3) is 0.857. The minimum absolute atomic E-state index is 0.379. The lowest BCUT2D eigenvalue weighted by molar-refractivity contribution is -0.0505. The summed E-state index contributed by atoms with van der Waals surface area (Å²) < 4.78 is 0. The van der Waals surface area contributed by atoms with Gasteiger partial charge >= 0.3 is 0 Å². The first kappa shape index (κ1) is 21.7. The molecular formula is C28H46O. The number of hydrogen-bond donors (Lipinski definition) is 1. The first-order valence-corrected chi connectivity index (χ1v) is 12.6. The molecule has 0 spiro atoms. The highest BCUT2D eigenvalue weighted by Crippen LogP contribution is 2.66. The van der Waals surface area contributed by atoms with Crippen molar-refractivity contribution in [1.29, 1.82) is 0 Å². The zero-order chi connectivity index (χ0) is 21.0. The van der Waals surface area contributed by atoms with E-state index in [1.54, 1.807) is 0 Å². The zero-order valence-electron chi connectivity index (χ0n) is 20.1. The maximum Gasteiger partial charge on any atom is 0.0623 e.